The number of carbonyl (C=O) groups is 1. The molecule has 82 valence electrons. The molecule has 0 aliphatic carbocycles. The Hall–Kier alpha value is -1.09. The van der Waals surface area contributed by atoms with Gasteiger partial charge in [-0.2, -0.15) is 0 Å². The quantitative estimate of drug-likeness (QED) is 0.806. The van der Waals surface area contributed by atoms with E-state index in [1.165, 1.54) is 6.20 Å². The number of amides is 1. The summed E-state index contributed by atoms with van der Waals surface area (Å²) in [6.07, 6.45) is 2.40. The Labute approximate surface area is 94.9 Å². The first-order chi connectivity index (χ1) is 6.94. The molecule has 4 heteroatoms. The summed E-state index contributed by atoms with van der Waals surface area (Å²) in [5, 5.41) is 3.25. The number of hydrogen-bond donors (Lipinski definition) is 1. The summed E-state index contributed by atoms with van der Waals surface area (Å²) >= 11 is 5.70. The lowest BCUT2D eigenvalue weighted by atomic mass is 10.0. The Morgan fingerprint density at radius 1 is 1.60 bits per heavy atom. The number of rotatable bonds is 3. The van der Waals surface area contributed by atoms with E-state index in [1.807, 2.05) is 20.8 Å². The highest BCUT2D eigenvalue weighted by atomic mass is 35.5. The summed E-state index contributed by atoms with van der Waals surface area (Å²) in [5.41, 5.74) is 0.337. The molecule has 0 aliphatic heterocycles. The fourth-order valence-electron chi connectivity index (χ4n) is 1.01. The second kappa shape index (κ2) is 4.62. The molecule has 1 aromatic rings. The van der Waals surface area contributed by atoms with Crippen LogP contribution in [0.2, 0.25) is 5.15 Å². The molecule has 1 heterocycles. The Balaban J connectivity index is 2.78. The summed E-state index contributed by atoms with van der Waals surface area (Å²) in [6.45, 7) is 5.99. The van der Waals surface area contributed by atoms with Crippen molar-refractivity contribution in [3.8, 4) is 0 Å². The smallest absolute Gasteiger partial charge is 0.251 e. The zero-order valence-corrected chi connectivity index (χ0v) is 9.93. The fourth-order valence-corrected chi connectivity index (χ4v) is 1.19. The van der Waals surface area contributed by atoms with E-state index in [2.05, 4.69) is 10.3 Å². The Morgan fingerprint density at radius 2 is 2.27 bits per heavy atom. The van der Waals surface area contributed by atoms with Crippen molar-refractivity contribution in [2.75, 3.05) is 0 Å². The van der Waals surface area contributed by atoms with Gasteiger partial charge in [0, 0.05) is 17.3 Å². The first kappa shape index (κ1) is 12.0. The molecule has 0 bridgehead atoms. The van der Waals surface area contributed by atoms with Crippen molar-refractivity contribution in [3.63, 3.8) is 0 Å². The Morgan fingerprint density at radius 3 is 2.80 bits per heavy atom. The second-order valence-electron chi connectivity index (χ2n) is 4.06. The number of carbonyl (C=O) groups excluding carboxylic acids is 1. The number of aromatic nitrogens is 1. The van der Waals surface area contributed by atoms with Gasteiger partial charge in [0.1, 0.15) is 5.15 Å². The molecule has 0 atom stereocenters. The van der Waals surface area contributed by atoms with Crippen LogP contribution in [0.25, 0.3) is 0 Å². The molecule has 0 fully saturated rings. The molecule has 0 saturated carbocycles. The van der Waals surface area contributed by atoms with Gasteiger partial charge in [0.15, 0.2) is 0 Å². The van der Waals surface area contributed by atoms with E-state index >= 15 is 0 Å². The van der Waals surface area contributed by atoms with Gasteiger partial charge >= 0.3 is 0 Å². The zero-order valence-electron chi connectivity index (χ0n) is 9.17. The lowest BCUT2D eigenvalue weighted by Gasteiger charge is -2.24. The predicted molar refractivity (Wildman–Crippen MR) is 61.1 cm³/mol. The average molecular weight is 227 g/mol. The molecule has 0 saturated heterocycles. The summed E-state index contributed by atoms with van der Waals surface area (Å²) in [7, 11) is 0. The van der Waals surface area contributed by atoms with E-state index in [4.69, 9.17) is 11.6 Å². The van der Waals surface area contributed by atoms with Crippen molar-refractivity contribution in [2.45, 2.75) is 32.7 Å². The minimum atomic E-state index is -0.202. The van der Waals surface area contributed by atoms with E-state index in [0.29, 0.717) is 10.7 Å². The molecule has 1 amide bonds. The van der Waals surface area contributed by atoms with Crippen molar-refractivity contribution >= 4 is 17.5 Å². The molecule has 3 nitrogen and oxygen atoms in total. The van der Waals surface area contributed by atoms with Crippen LogP contribution in [0.15, 0.2) is 18.3 Å². The summed E-state index contributed by atoms with van der Waals surface area (Å²) in [5.74, 6) is -0.119. The van der Waals surface area contributed by atoms with Crippen LogP contribution in [0.3, 0.4) is 0 Å². The first-order valence-corrected chi connectivity index (χ1v) is 5.26. The zero-order chi connectivity index (χ0) is 11.5. The standard InChI is InChI=1S/C11H15ClN2O/c1-4-11(2,3)14-10(15)8-5-6-13-9(12)7-8/h5-7H,4H2,1-3H3,(H,14,15). The van der Waals surface area contributed by atoms with E-state index < -0.39 is 0 Å². The van der Waals surface area contributed by atoms with Gasteiger partial charge in [-0.25, -0.2) is 4.98 Å². The lowest BCUT2D eigenvalue weighted by molar-refractivity contribution is 0.0911. The van der Waals surface area contributed by atoms with Crippen molar-refractivity contribution in [2.24, 2.45) is 0 Å². The maximum atomic E-state index is 11.8. The Bertz CT molecular complexity index is 363. The Kier molecular flexibility index (Phi) is 3.69. The highest BCUT2D eigenvalue weighted by Crippen LogP contribution is 2.11. The van der Waals surface area contributed by atoms with Gasteiger partial charge in [0.2, 0.25) is 0 Å². The number of pyridine rings is 1. The van der Waals surface area contributed by atoms with Crippen molar-refractivity contribution in [1.29, 1.82) is 0 Å². The van der Waals surface area contributed by atoms with Gasteiger partial charge in [-0.1, -0.05) is 18.5 Å². The second-order valence-corrected chi connectivity index (χ2v) is 4.45. The minimum Gasteiger partial charge on any atom is -0.347 e. The van der Waals surface area contributed by atoms with E-state index in [9.17, 15) is 4.79 Å². The molecule has 1 aromatic heterocycles. The monoisotopic (exact) mass is 226 g/mol. The maximum Gasteiger partial charge on any atom is 0.251 e. The van der Waals surface area contributed by atoms with Gasteiger partial charge in [0.25, 0.3) is 5.91 Å². The molecule has 0 radical (unpaired) electrons. The highest BCUT2D eigenvalue weighted by molar-refractivity contribution is 6.29. The van der Waals surface area contributed by atoms with Gasteiger partial charge in [-0.15, -0.1) is 0 Å². The molecule has 0 aliphatic rings. The first-order valence-electron chi connectivity index (χ1n) is 4.88. The van der Waals surface area contributed by atoms with E-state index in [0.717, 1.165) is 6.42 Å². The van der Waals surface area contributed by atoms with Crippen molar-refractivity contribution < 1.29 is 4.79 Å². The SMILES string of the molecule is CCC(C)(C)NC(=O)c1ccnc(Cl)c1. The third-order valence-electron chi connectivity index (χ3n) is 2.32. The molecule has 0 spiro atoms. The fraction of sp³-hybridized carbons (Fsp3) is 0.455. The predicted octanol–water partition coefficient (Wildman–Crippen LogP) is 2.65. The van der Waals surface area contributed by atoms with Gasteiger partial charge in [0.05, 0.1) is 0 Å². The topological polar surface area (TPSA) is 42.0 Å². The van der Waals surface area contributed by atoms with Crippen molar-refractivity contribution in [1.82, 2.24) is 10.3 Å². The van der Waals surface area contributed by atoms with Crippen LogP contribution in [0, 0.1) is 0 Å². The maximum absolute atomic E-state index is 11.8. The van der Waals surface area contributed by atoms with Crippen LogP contribution in [0.5, 0.6) is 0 Å². The summed E-state index contributed by atoms with van der Waals surface area (Å²) in [6, 6.07) is 3.20. The number of hydrogen-bond acceptors (Lipinski definition) is 2. The van der Waals surface area contributed by atoms with Crippen LogP contribution >= 0.6 is 11.6 Å². The van der Waals surface area contributed by atoms with Crippen LogP contribution < -0.4 is 5.32 Å². The third kappa shape index (κ3) is 3.51. The molecule has 0 unspecified atom stereocenters. The molecule has 0 aromatic carbocycles. The van der Waals surface area contributed by atoms with Gasteiger partial charge < -0.3 is 5.32 Å². The normalized spacial score (nSPS) is 11.2. The number of halogens is 1. The average Bonchev–Trinajstić information content (AvgIpc) is 2.17. The molecule has 1 rings (SSSR count). The van der Waals surface area contributed by atoms with Crippen molar-refractivity contribution in [3.05, 3.63) is 29.0 Å². The van der Waals surface area contributed by atoms with Crippen LogP contribution in [0.1, 0.15) is 37.6 Å². The molecular formula is C11H15ClN2O. The van der Waals surface area contributed by atoms with Crippen LogP contribution in [-0.2, 0) is 0 Å². The lowest BCUT2D eigenvalue weighted by Crippen LogP contribution is -2.42. The van der Waals surface area contributed by atoms with Gasteiger partial charge in [-0.05, 0) is 32.4 Å². The number of nitrogens with one attached hydrogen (secondary N) is 1. The summed E-state index contributed by atoms with van der Waals surface area (Å²) < 4.78 is 0. The number of nitrogens with zero attached hydrogens (tertiary/aromatic N) is 1. The largest absolute Gasteiger partial charge is 0.347 e. The van der Waals surface area contributed by atoms with Crippen LogP contribution in [0.4, 0.5) is 0 Å². The molecule has 1 N–H and O–H groups in total. The van der Waals surface area contributed by atoms with Gasteiger partial charge in [-0.3, -0.25) is 4.79 Å². The highest BCUT2D eigenvalue weighted by Gasteiger charge is 2.18. The van der Waals surface area contributed by atoms with E-state index in [-0.39, 0.29) is 11.4 Å². The molecule has 15 heavy (non-hydrogen) atoms. The minimum absolute atomic E-state index is 0.119. The molecular weight excluding hydrogens is 212 g/mol. The van der Waals surface area contributed by atoms with Crippen LogP contribution in [-0.4, -0.2) is 16.4 Å². The van der Waals surface area contributed by atoms with E-state index in [1.54, 1.807) is 12.1 Å². The summed E-state index contributed by atoms with van der Waals surface area (Å²) in [4.78, 5) is 15.6. The third-order valence-corrected chi connectivity index (χ3v) is 2.53.